The molecule has 0 spiro atoms. The Morgan fingerprint density at radius 1 is 0.950 bits per heavy atom. The fraction of sp³-hybridized carbons (Fsp3) is 0.348. The maximum atomic E-state index is 14.1. The number of hydrogen-bond acceptors (Lipinski definition) is 7. The number of alkyl halides is 6. The maximum Gasteiger partial charge on any atom is 0.458 e. The molecule has 1 aliphatic rings. The van der Waals surface area contributed by atoms with Crippen molar-refractivity contribution in [1.29, 1.82) is 0 Å². The molecule has 0 amide bonds. The van der Waals surface area contributed by atoms with Gasteiger partial charge in [-0.1, -0.05) is 0 Å². The number of nitrogens with one attached hydrogen (secondary N) is 1. The number of piperidine rings is 1. The van der Waals surface area contributed by atoms with Crippen LogP contribution < -0.4 is 16.2 Å². The highest BCUT2D eigenvalue weighted by atomic mass is 19.4. The van der Waals surface area contributed by atoms with E-state index >= 15 is 0 Å². The average Bonchev–Trinajstić information content (AvgIpc) is 2.84. The molecule has 1 saturated heterocycles. The number of aromatic amines is 1. The fourth-order valence-corrected chi connectivity index (χ4v) is 3.96. The average molecular weight is 583 g/mol. The Morgan fingerprint density at radius 3 is 2.08 bits per heavy atom. The molecule has 0 saturated carbocycles. The van der Waals surface area contributed by atoms with Crippen molar-refractivity contribution >= 4 is 28.4 Å². The predicted octanol–water partition coefficient (Wildman–Crippen LogP) is 3.61. The van der Waals surface area contributed by atoms with Crippen molar-refractivity contribution in [2.45, 2.75) is 37.7 Å². The number of aromatic nitrogens is 3. The molecule has 1 aliphatic heterocycles. The number of fused-ring (bicyclic) bond motifs is 1. The van der Waals surface area contributed by atoms with Gasteiger partial charge in [0, 0.05) is 31.1 Å². The van der Waals surface area contributed by atoms with E-state index in [4.69, 9.17) is 5.73 Å². The molecule has 0 bridgehead atoms. The van der Waals surface area contributed by atoms with Crippen LogP contribution in [0.2, 0.25) is 0 Å². The highest BCUT2D eigenvalue weighted by molar-refractivity contribution is 6.41. The van der Waals surface area contributed by atoms with Crippen LogP contribution in [0.4, 0.5) is 45.3 Å². The topological polar surface area (TPSA) is 122 Å². The molecule has 3 heterocycles. The van der Waals surface area contributed by atoms with Gasteiger partial charge in [-0.2, -0.15) is 26.3 Å². The second kappa shape index (κ2) is 11.2. The van der Waals surface area contributed by atoms with E-state index in [9.17, 15) is 53.9 Å². The van der Waals surface area contributed by atoms with E-state index in [-0.39, 0.29) is 16.6 Å². The molecule has 17 heteroatoms. The van der Waals surface area contributed by atoms with Crippen LogP contribution in [-0.2, 0) is 9.59 Å². The molecule has 1 unspecified atom stereocenters. The number of rotatable bonds is 3. The minimum atomic E-state index is -5.77. The third-order valence-corrected chi connectivity index (χ3v) is 5.80. The first kappa shape index (κ1) is 30.5. The standard InChI is InChI=1S/C19H18F3N5O.C4F6O2/c1-9-24-16-2-3-17(26-18(16)19(28)25-9)27-5-4-10(15(23)8-27)11-6-13(21)14(22)7-12(11)20;5-3(6,7)1(11)2(12)4(8,9)10/h2-3,6-7,10,15H,4-5,8,23H2,1H3,(H,24,25,28);/t10?,15-;/m0./s1. The number of halogens is 9. The lowest BCUT2D eigenvalue weighted by Crippen LogP contribution is -2.48. The first-order valence-corrected chi connectivity index (χ1v) is 11.2. The summed E-state index contributed by atoms with van der Waals surface area (Å²) < 4.78 is 108. The van der Waals surface area contributed by atoms with Crippen molar-refractivity contribution in [2.75, 3.05) is 18.0 Å². The predicted molar refractivity (Wildman–Crippen MR) is 121 cm³/mol. The lowest BCUT2D eigenvalue weighted by atomic mass is 9.85. The number of Topliss-reactive ketones (excluding diaryl/α,β-unsaturated/α-hetero) is 2. The molecule has 2 aromatic heterocycles. The zero-order chi connectivity index (χ0) is 30.2. The van der Waals surface area contributed by atoms with Crippen molar-refractivity contribution in [3.63, 3.8) is 0 Å². The second-order valence-corrected chi connectivity index (χ2v) is 8.64. The van der Waals surface area contributed by atoms with Crippen LogP contribution in [-0.4, -0.2) is 58.0 Å². The number of H-pyrrole nitrogens is 1. The van der Waals surface area contributed by atoms with E-state index < -0.39 is 53.3 Å². The van der Waals surface area contributed by atoms with Crippen molar-refractivity contribution < 1.29 is 49.1 Å². The van der Waals surface area contributed by atoms with Crippen LogP contribution in [0, 0.1) is 24.4 Å². The van der Waals surface area contributed by atoms with Crippen LogP contribution in [0.15, 0.2) is 29.1 Å². The normalized spacial score (nSPS) is 17.8. The Balaban J connectivity index is 0.000000312. The summed E-state index contributed by atoms with van der Waals surface area (Å²) in [6.07, 6.45) is -11.1. The fourth-order valence-electron chi connectivity index (χ4n) is 3.96. The van der Waals surface area contributed by atoms with Gasteiger partial charge in [-0.3, -0.25) is 14.4 Å². The molecular weight excluding hydrogens is 565 g/mol. The molecule has 216 valence electrons. The van der Waals surface area contributed by atoms with E-state index in [1.807, 2.05) is 4.90 Å². The highest BCUT2D eigenvalue weighted by Crippen LogP contribution is 2.32. The quantitative estimate of drug-likeness (QED) is 0.275. The zero-order valence-electron chi connectivity index (χ0n) is 20.1. The SMILES string of the molecule is Cc1nc2ccc(N3CCC(c4cc(F)c(F)cc4F)[C@@H](N)C3)nc2c(=O)[nH]1.O=C(C(=O)C(F)(F)F)C(F)(F)F. The summed E-state index contributed by atoms with van der Waals surface area (Å²) in [7, 11) is 0. The van der Waals surface area contributed by atoms with Crippen LogP contribution in [0.3, 0.4) is 0 Å². The summed E-state index contributed by atoms with van der Waals surface area (Å²) in [4.78, 5) is 44.5. The van der Waals surface area contributed by atoms with Crippen LogP contribution in [0.5, 0.6) is 0 Å². The molecule has 3 N–H and O–H groups in total. The van der Waals surface area contributed by atoms with Gasteiger partial charge in [0.2, 0.25) is 0 Å². The number of pyridine rings is 1. The first-order valence-electron chi connectivity index (χ1n) is 11.2. The van der Waals surface area contributed by atoms with Gasteiger partial charge >= 0.3 is 23.9 Å². The Bertz CT molecular complexity index is 1480. The molecule has 1 aromatic carbocycles. The lowest BCUT2D eigenvalue weighted by molar-refractivity contribution is -0.193. The number of anilines is 1. The van der Waals surface area contributed by atoms with Crippen molar-refractivity contribution in [3.05, 3.63) is 63.5 Å². The van der Waals surface area contributed by atoms with E-state index in [0.717, 1.165) is 6.07 Å². The molecule has 1 fully saturated rings. The van der Waals surface area contributed by atoms with Gasteiger partial charge in [0.25, 0.3) is 5.56 Å². The van der Waals surface area contributed by atoms with E-state index in [1.54, 1.807) is 19.1 Å². The summed E-state index contributed by atoms with van der Waals surface area (Å²) in [5.74, 6) is -9.31. The molecule has 8 nitrogen and oxygen atoms in total. The minimum absolute atomic E-state index is 0.0774. The molecule has 40 heavy (non-hydrogen) atoms. The molecule has 0 aliphatic carbocycles. The Hall–Kier alpha value is -4.02. The number of nitrogens with zero attached hydrogens (tertiary/aromatic N) is 3. The Kier molecular flexibility index (Phi) is 8.57. The molecule has 2 atom stereocenters. The molecule has 4 rings (SSSR count). The number of hydrogen-bond donors (Lipinski definition) is 2. The summed E-state index contributed by atoms with van der Waals surface area (Å²) in [6, 6.07) is 4.38. The highest BCUT2D eigenvalue weighted by Gasteiger charge is 2.54. The Labute approximate surface area is 218 Å². The minimum Gasteiger partial charge on any atom is -0.355 e. The van der Waals surface area contributed by atoms with E-state index in [1.165, 1.54) is 0 Å². The lowest BCUT2D eigenvalue weighted by Gasteiger charge is -2.37. The van der Waals surface area contributed by atoms with Gasteiger partial charge < -0.3 is 15.6 Å². The first-order chi connectivity index (χ1) is 18.4. The third kappa shape index (κ3) is 6.75. The van der Waals surface area contributed by atoms with Gasteiger partial charge in [0.1, 0.15) is 17.5 Å². The van der Waals surface area contributed by atoms with Gasteiger partial charge in [0.05, 0.1) is 5.52 Å². The summed E-state index contributed by atoms with van der Waals surface area (Å²) in [6.45, 7) is 2.50. The summed E-state index contributed by atoms with van der Waals surface area (Å²) in [5.41, 5.74) is 6.70. The molecular formula is C23H18F9N5O3. The number of ketones is 2. The van der Waals surface area contributed by atoms with E-state index in [2.05, 4.69) is 15.0 Å². The maximum absolute atomic E-state index is 14.1. The monoisotopic (exact) mass is 583 g/mol. The Morgan fingerprint density at radius 2 is 1.52 bits per heavy atom. The number of nitrogens with two attached hydrogens (primary N) is 1. The summed E-state index contributed by atoms with van der Waals surface area (Å²) >= 11 is 0. The van der Waals surface area contributed by atoms with Crippen LogP contribution in [0.25, 0.3) is 11.0 Å². The summed E-state index contributed by atoms with van der Waals surface area (Å²) in [5, 5.41) is 0. The van der Waals surface area contributed by atoms with Gasteiger partial charge in [-0.15, -0.1) is 0 Å². The van der Waals surface area contributed by atoms with Gasteiger partial charge in [-0.25, -0.2) is 23.1 Å². The third-order valence-electron chi connectivity index (χ3n) is 5.80. The van der Waals surface area contributed by atoms with Gasteiger partial charge in [-0.05, 0) is 37.1 Å². The number of carbonyl (C=O) groups is 2. The number of carbonyl (C=O) groups excluding carboxylic acids is 2. The number of aryl methyl sites for hydroxylation is 1. The smallest absolute Gasteiger partial charge is 0.355 e. The zero-order valence-corrected chi connectivity index (χ0v) is 20.1. The number of benzene rings is 1. The van der Waals surface area contributed by atoms with Crippen molar-refractivity contribution in [3.8, 4) is 0 Å². The van der Waals surface area contributed by atoms with Crippen molar-refractivity contribution in [1.82, 2.24) is 15.0 Å². The van der Waals surface area contributed by atoms with E-state index in [0.29, 0.717) is 42.7 Å². The largest absolute Gasteiger partial charge is 0.458 e. The van der Waals surface area contributed by atoms with Crippen LogP contribution in [0.1, 0.15) is 23.7 Å². The van der Waals surface area contributed by atoms with Gasteiger partial charge in [0.15, 0.2) is 17.2 Å². The molecule has 3 aromatic rings. The second-order valence-electron chi connectivity index (χ2n) is 8.64. The van der Waals surface area contributed by atoms with Crippen molar-refractivity contribution in [2.24, 2.45) is 5.73 Å². The molecule has 0 radical (unpaired) electrons. The van der Waals surface area contributed by atoms with Crippen LogP contribution >= 0.6 is 0 Å².